The lowest BCUT2D eigenvalue weighted by atomic mass is 9.92. The molecule has 0 spiro atoms. The Balaban J connectivity index is 1.29. The summed E-state index contributed by atoms with van der Waals surface area (Å²) in [6, 6.07) is 18.9. The van der Waals surface area contributed by atoms with Crippen LogP contribution in [0.5, 0.6) is 0 Å². The summed E-state index contributed by atoms with van der Waals surface area (Å²) in [6.07, 6.45) is 11.2. The van der Waals surface area contributed by atoms with E-state index in [-0.39, 0.29) is 5.92 Å². The molecule has 0 amide bonds. The Kier molecular flexibility index (Phi) is 5.79. The first-order chi connectivity index (χ1) is 16.9. The molecule has 6 nitrogen and oxygen atoms in total. The maximum Gasteiger partial charge on any atom is 0.230 e. The van der Waals surface area contributed by atoms with Gasteiger partial charge in [-0.3, -0.25) is 4.98 Å². The average molecular weight is 452 g/mol. The Morgan fingerprint density at radius 1 is 0.912 bits per heavy atom. The molecule has 4 aromatic rings. The number of anilines is 1. The van der Waals surface area contributed by atoms with Crippen molar-refractivity contribution in [2.75, 3.05) is 18.0 Å². The standard InChI is InChI=1S/C28H29N5O/c1-3-9-20(10-4-1)23-18-25(23)28-31-26(32-34-28)24(22-12-7-13-29-19-22)17-21-11-8-14-30-27(21)33-15-5-2-6-16-33/h1,3-4,7-14,19,23-25H,2,5-6,15-18H2. The molecule has 3 aromatic heterocycles. The van der Waals surface area contributed by atoms with E-state index in [0.29, 0.717) is 11.8 Å². The summed E-state index contributed by atoms with van der Waals surface area (Å²) in [5, 5.41) is 4.47. The highest BCUT2D eigenvalue weighted by Crippen LogP contribution is 2.54. The zero-order chi connectivity index (χ0) is 22.7. The van der Waals surface area contributed by atoms with Gasteiger partial charge in [0, 0.05) is 37.6 Å². The van der Waals surface area contributed by atoms with Crippen molar-refractivity contribution < 1.29 is 4.52 Å². The molecule has 1 aromatic carbocycles. The zero-order valence-corrected chi connectivity index (χ0v) is 19.3. The normalized spacial score (nSPS) is 20.8. The second-order valence-electron chi connectivity index (χ2n) is 9.43. The molecule has 0 N–H and O–H groups in total. The van der Waals surface area contributed by atoms with E-state index in [2.05, 4.69) is 57.5 Å². The van der Waals surface area contributed by atoms with Gasteiger partial charge in [0.15, 0.2) is 5.82 Å². The summed E-state index contributed by atoms with van der Waals surface area (Å²) < 4.78 is 5.82. The van der Waals surface area contributed by atoms with Gasteiger partial charge in [-0.1, -0.05) is 47.6 Å². The van der Waals surface area contributed by atoms with Crippen molar-refractivity contribution in [2.24, 2.45) is 0 Å². The molecule has 3 unspecified atom stereocenters. The van der Waals surface area contributed by atoms with Gasteiger partial charge in [-0.05, 0) is 66.8 Å². The van der Waals surface area contributed by atoms with Crippen LogP contribution >= 0.6 is 0 Å². The van der Waals surface area contributed by atoms with E-state index >= 15 is 0 Å². The smallest absolute Gasteiger partial charge is 0.230 e. The fraction of sp³-hybridized carbons (Fsp3) is 0.357. The predicted molar refractivity (Wildman–Crippen MR) is 131 cm³/mol. The lowest BCUT2D eigenvalue weighted by Crippen LogP contribution is -2.31. The number of nitrogens with zero attached hydrogens (tertiary/aromatic N) is 5. The van der Waals surface area contributed by atoms with E-state index in [1.165, 1.54) is 30.4 Å². The van der Waals surface area contributed by atoms with E-state index < -0.39 is 0 Å². The second kappa shape index (κ2) is 9.37. The van der Waals surface area contributed by atoms with Crippen molar-refractivity contribution in [1.82, 2.24) is 20.1 Å². The van der Waals surface area contributed by atoms with Gasteiger partial charge in [0.1, 0.15) is 5.82 Å². The minimum absolute atomic E-state index is 0.0344. The number of hydrogen-bond donors (Lipinski definition) is 0. The molecular formula is C28H29N5O. The second-order valence-corrected chi connectivity index (χ2v) is 9.43. The van der Waals surface area contributed by atoms with Gasteiger partial charge in [-0.25, -0.2) is 4.98 Å². The Labute approximate surface area is 200 Å². The fourth-order valence-electron chi connectivity index (χ4n) is 5.22. The summed E-state index contributed by atoms with van der Waals surface area (Å²) in [5.74, 6) is 3.31. The first-order valence-corrected chi connectivity index (χ1v) is 12.3. The number of benzene rings is 1. The molecule has 0 bridgehead atoms. The Morgan fingerprint density at radius 3 is 2.59 bits per heavy atom. The number of pyridine rings is 2. The van der Waals surface area contributed by atoms with Crippen LogP contribution in [0.3, 0.4) is 0 Å². The molecule has 6 heteroatoms. The van der Waals surface area contributed by atoms with Crippen LogP contribution in [0.25, 0.3) is 0 Å². The fourth-order valence-corrected chi connectivity index (χ4v) is 5.22. The molecule has 4 heterocycles. The third-order valence-electron chi connectivity index (χ3n) is 7.14. The van der Waals surface area contributed by atoms with Crippen LogP contribution in [0.1, 0.15) is 71.8 Å². The maximum absolute atomic E-state index is 5.82. The van der Waals surface area contributed by atoms with Gasteiger partial charge < -0.3 is 9.42 Å². The first kappa shape index (κ1) is 21.0. The van der Waals surface area contributed by atoms with Crippen molar-refractivity contribution in [2.45, 2.75) is 49.9 Å². The maximum atomic E-state index is 5.82. The molecule has 1 aliphatic heterocycles. The summed E-state index contributed by atoms with van der Waals surface area (Å²) in [6.45, 7) is 2.13. The number of piperidine rings is 1. The van der Waals surface area contributed by atoms with Crippen LogP contribution in [0.2, 0.25) is 0 Å². The van der Waals surface area contributed by atoms with Gasteiger partial charge in [0.05, 0.1) is 5.92 Å². The number of rotatable bonds is 7. The Bertz CT molecular complexity index is 1220. The molecule has 3 atom stereocenters. The minimum atomic E-state index is -0.0344. The van der Waals surface area contributed by atoms with E-state index in [1.807, 2.05) is 24.5 Å². The lowest BCUT2D eigenvalue weighted by Gasteiger charge is -2.30. The van der Waals surface area contributed by atoms with Gasteiger partial charge >= 0.3 is 0 Å². The van der Waals surface area contributed by atoms with Crippen LogP contribution in [-0.2, 0) is 6.42 Å². The molecule has 2 fully saturated rings. The molecule has 1 saturated carbocycles. The quantitative estimate of drug-likeness (QED) is 0.370. The highest BCUT2D eigenvalue weighted by atomic mass is 16.5. The van der Waals surface area contributed by atoms with E-state index in [4.69, 9.17) is 14.5 Å². The molecule has 2 aliphatic rings. The highest BCUT2D eigenvalue weighted by molar-refractivity contribution is 5.48. The lowest BCUT2D eigenvalue weighted by molar-refractivity contribution is 0.371. The molecule has 1 aliphatic carbocycles. The summed E-state index contributed by atoms with van der Waals surface area (Å²) >= 11 is 0. The van der Waals surface area contributed by atoms with E-state index in [0.717, 1.165) is 49.0 Å². The average Bonchev–Trinajstić information content (AvgIpc) is 3.57. The van der Waals surface area contributed by atoms with Gasteiger partial charge in [0.25, 0.3) is 0 Å². The van der Waals surface area contributed by atoms with Crippen molar-refractivity contribution in [3.8, 4) is 0 Å². The van der Waals surface area contributed by atoms with Crippen LogP contribution in [0, 0.1) is 0 Å². The van der Waals surface area contributed by atoms with Crippen LogP contribution in [0.15, 0.2) is 77.7 Å². The van der Waals surface area contributed by atoms with Gasteiger partial charge in [-0.15, -0.1) is 0 Å². The molecule has 34 heavy (non-hydrogen) atoms. The van der Waals surface area contributed by atoms with Crippen molar-refractivity contribution in [3.05, 3.63) is 102 Å². The third kappa shape index (κ3) is 4.32. The molecule has 172 valence electrons. The zero-order valence-electron chi connectivity index (χ0n) is 19.3. The molecule has 6 rings (SSSR count). The molecule has 0 radical (unpaired) electrons. The summed E-state index contributed by atoms with van der Waals surface area (Å²) in [5.41, 5.74) is 3.66. The van der Waals surface area contributed by atoms with Crippen molar-refractivity contribution >= 4 is 5.82 Å². The largest absolute Gasteiger partial charge is 0.356 e. The SMILES string of the molecule is c1ccc(C2CC2c2nc(C(Cc3cccnc3N3CCCCC3)c3cccnc3)no2)cc1. The van der Waals surface area contributed by atoms with E-state index in [9.17, 15) is 0 Å². The predicted octanol–water partition coefficient (Wildman–Crippen LogP) is 5.50. The highest BCUT2D eigenvalue weighted by Gasteiger charge is 2.44. The summed E-state index contributed by atoms with van der Waals surface area (Å²) in [4.78, 5) is 16.5. The Hall–Kier alpha value is -3.54. The molecular weight excluding hydrogens is 422 g/mol. The number of hydrogen-bond acceptors (Lipinski definition) is 6. The third-order valence-corrected chi connectivity index (χ3v) is 7.14. The first-order valence-electron chi connectivity index (χ1n) is 12.3. The van der Waals surface area contributed by atoms with Gasteiger partial charge in [-0.2, -0.15) is 4.98 Å². The van der Waals surface area contributed by atoms with Crippen LogP contribution in [-0.4, -0.2) is 33.2 Å². The van der Waals surface area contributed by atoms with E-state index in [1.54, 1.807) is 6.20 Å². The monoisotopic (exact) mass is 451 g/mol. The summed E-state index contributed by atoms with van der Waals surface area (Å²) in [7, 11) is 0. The molecule has 1 saturated heterocycles. The topological polar surface area (TPSA) is 67.9 Å². The van der Waals surface area contributed by atoms with Crippen molar-refractivity contribution in [3.63, 3.8) is 0 Å². The van der Waals surface area contributed by atoms with Crippen LogP contribution in [0.4, 0.5) is 5.82 Å². The van der Waals surface area contributed by atoms with Gasteiger partial charge in [0.2, 0.25) is 5.89 Å². The Morgan fingerprint density at radius 2 is 1.76 bits per heavy atom. The minimum Gasteiger partial charge on any atom is -0.356 e. The number of aromatic nitrogens is 4. The van der Waals surface area contributed by atoms with Crippen molar-refractivity contribution in [1.29, 1.82) is 0 Å². The van der Waals surface area contributed by atoms with Crippen LogP contribution < -0.4 is 4.90 Å².